The molecule has 0 aromatic carbocycles. The van der Waals surface area contributed by atoms with E-state index in [0.29, 0.717) is 0 Å². The minimum absolute atomic E-state index is 0.0272. The molecular weight excluding hydrogens is 251 g/mol. The zero-order valence-corrected chi connectivity index (χ0v) is 9.04. The van der Waals surface area contributed by atoms with Crippen LogP contribution in [0.3, 0.4) is 0 Å². The molecule has 0 bridgehead atoms. The Kier molecular flexibility index (Phi) is 3.54. The molecule has 0 atom stereocenters. The summed E-state index contributed by atoms with van der Waals surface area (Å²) in [6.45, 7) is 0. The van der Waals surface area contributed by atoms with E-state index in [1.54, 1.807) is 0 Å². The van der Waals surface area contributed by atoms with Gasteiger partial charge in [0.1, 0.15) is 7.02 Å². The fraction of sp³-hybridized carbons (Fsp3) is 1.00. The van der Waals surface area contributed by atoms with Gasteiger partial charge in [-0.05, 0) is 0 Å². The van der Waals surface area contributed by atoms with Crippen LogP contribution in [0.5, 0.6) is 0 Å². The van der Waals surface area contributed by atoms with Crippen molar-refractivity contribution in [1.82, 2.24) is 0 Å². The van der Waals surface area contributed by atoms with Gasteiger partial charge >= 0.3 is 0 Å². The summed E-state index contributed by atoms with van der Waals surface area (Å²) < 4.78 is -0.0272. The summed E-state index contributed by atoms with van der Waals surface area (Å²) in [6, 6.07) is 0. The highest BCUT2D eigenvalue weighted by atomic mass is 127. The lowest BCUT2D eigenvalue weighted by Crippen LogP contribution is -2.16. The highest BCUT2D eigenvalue weighted by molar-refractivity contribution is 14.1. The third-order valence-electron chi connectivity index (χ3n) is 0.142. The van der Waals surface area contributed by atoms with Crippen LogP contribution in [0, 0.1) is 0 Å². The van der Waals surface area contributed by atoms with E-state index in [9.17, 15) is 0 Å². The van der Waals surface area contributed by atoms with Crippen LogP contribution in [0.1, 0.15) is 0 Å². The van der Waals surface area contributed by atoms with E-state index in [1.165, 1.54) is 0 Å². The van der Waals surface area contributed by atoms with Gasteiger partial charge in [0.05, 0.1) is 0 Å². The fourth-order valence-electron chi connectivity index (χ4n) is 0. The van der Waals surface area contributed by atoms with Gasteiger partial charge < -0.3 is 0 Å². The Morgan fingerprint density at radius 3 is 1.50 bits per heavy atom. The summed E-state index contributed by atoms with van der Waals surface area (Å²) in [5.41, 5.74) is 0. The molecule has 0 saturated heterocycles. The van der Waals surface area contributed by atoms with Crippen LogP contribution in [-0.4, -0.2) is 37.7 Å². The second-order valence-corrected chi connectivity index (χ2v) is 8.65. The van der Waals surface area contributed by atoms with E-state index >= 15 is 0 Å². The van der Waals surface area contributed by atoms with Gasteiger partial charge in [-0.1, -0.05) is 3.91 Å². The molecule has 0 rings (SSSR count). The summed E-state index contributed by atoms with van der Waals surface area (Å²) in [4.78, 5) is 0. The van der Waals surface area contributed by atoms with E-state index < -0.39 is 0 Å². The average molecular weight is 251 g/mol. The van der Waals surface area contributed by atoms with Crippen LogP contribution < -0.4 is 0 Å². The monoisotopic (exact) mass is 251 g/mol. The van der Waals surface area contributed by atoms with Crippen LogP contribution in [0.15, 0.2) is 0 Å². The van der Waals surface area contributed by atoms with E-state index in [0.717, 1.165) is 7.02 Å². The highest BCUT2D eigenvalue weighted by Gasteiger charge is 2.07. The zero-order valence-electron chi connectivity index (χ0n) is 2.88. The van der Waals surface area contributed by atoms with Crippen molar-refractivity contribution in [1.29, 1.82) is 0 Å². The van der Waals surface area contributed by atoms with Gasteiger partial charge in [-0.3, -0.25) is 0 Å². The van der Waals surface area contributed by atoms with Gasteiger partial charge in [0, 0.05) is 30.7 Å². The van der Waals surface area contributed by atoms with Crippen molar-refractivity contribution < 1.29 is 0 Å². The third-order valence-corrected chi connectivity index (χ3v) is 8.56. The normalized spacial score (nSPS) is 12.0. The smallest absolute Gasteiger partial charge is 0.124 e. The molecule has 0 unspecified atom stereocenters. The standard InChI is InChI=1S/CISi4/c2-6-1(3,4)5. The molecule has 27 valence electrons. The zero-order chi connectivity index (χ0) is 5.21. The minimum atomic E-state index is -0.0272. The molecule has 0 amide bonds. The van der Waals surface area contributed by atoms with Crippen molar-refractivity contribution >= 4 is 59.5 Å². The number of hydrogen-bond donors (Lipinski definition) is 0. The van der Waals surface area contributed by atoms with Gasteiger partial charge in [0.2, 0.25) is 0 Å². The highest BCUT2D eigenvalue weighted by Crippen LogP contribution is 2.07. The third kappa shape index (κ3) is 5.60. The lowest BCUT2D eigenvalue weighted by Gasteiger charge is -2.08. The summed E-state index contributed by atoms with van der Waals surface area (Å²) >= 11 is 2.28. The molecule has 0 heterocycles. The van der Waals surface area contributed by atoms with Crippen molar-refractivity contribution in [3.63, 3.8) is 0 Å². The van der Waals surface area contributed by atoms with Crippen molar-refractivity contribution in [2.45, 2.75) is 3.91 Å². The van der Waals surface area contributed by atoms with Crippen molar-refractivity contribution in [3.8, 4) is 0 Å². The topological polar surface area (TPSA) is 0 Å². The van der Waals surface area contributed by atoms with Crippen molar-refractivity contribution in [3.05, 3.63) is 0 Å². The van der Waals surface area contributed by atoms with Crippen LogP contribution in [-0.2, 0) is 0 Å². The average Bonchev–Trinajstić information content (AvgIpc) is 1.35. The Bertz CT molecular complexity index is 37.3. The van der Waals surface area contributed by atoms with Crippen molar-refractivity contribution in [2.75, 3.05) is 0 Å². The molecule has 0 saturated carbocycles. The minimum Gasteiger partial charge on any atom is -0.124 e. The summed E-state index contributed by atoms with van der Waals surface area (Å²) in [5.74, 6) is 0. The lowest BCUT2D eigenvalue weighted by molar-refractivity contribution is 1.70. The molecule has 6 heavy (non-hydrogen) atoms. The SMILES string of the molecule is [Si]C([Si])([Si])[Si]I. The molecule has 0 spiro atoms. The summed E-state index contributed by atoms with van der Waals surface area (Å²) in [6.07, 6.45) is 0. The summed E-state index contributed by atoms with van der Waals surface area (Å²) in [5, 5.41) is 0. The second-order valence-electron chi connectivity index (χ2n) is 0.844. The Morgan fingerprint density at radius 1 is 1.33 bits per heavy atom. The molecule has 0 aromatic heterocycles. The first-order chi connectivity index (χ1) is 2.56. The summed E-state index contributed by atoms with van der Waals surface area (Å²) in [7, 11) is 10.8. The molecule has 0 aliphatic carbocycles. The van der Waals surface area contributed by atoms with E-state index in [1.807, 2.05) is 0 Å². The number of hydrogen-bond acceptors (Lipinski definition) is 0. The van der Waals surface area contributed by atoms with E-state index in [-0.39, 0.29) is 3.91 Å². The quantitative estimate of drug-likeness (QED) is 0.337. The predicted octanol–water partition coefficient (Wildman–Crippen LogP) is -0.423. The van der Waals surface area contributed by atoms with Crippen LogP contribution in [0.4, 0.5) is 0 Å². The molecular formula is CISi4. The largest absolute Gasteiger partial charge is 0.126 e. The van der Waals surface area contributed by atoms with Gasteiger partial charge in [-0.15, -0.1) is 21.8 Å². The van der Waals surface area contributed by atoms with Gasteiger partial charge in [-0.25, -0.2) is 0 Å². The molecule has 0 N–H and O–H groups in total. The molecule has 0 nitrogen and oxygen atoms in total. The van der Waals surface area contributed by atoms with Crippen LogP contribution >= 0.6 is 21.8 Å². The first-order valence-corrected chi connectivity index (χ1v) is 6.80. The number of rotatable bonds is 1. The predicted molar refractivity (Wildman–Crippen MR) is 39.7 cm³/mol. The Hall–Kier alpha value is 1.60. The molecule has 0 aliphatic heterocycles. The molecule has 0 aliphatic rings. The molecule has 0 fully saturated rings. The Labute approximate surface area is 63.2 Å². The van der Waals surface area contributed by atoms with Crippen molar-refractivity contribution in [2.24, 2.45) is 0 Å². The van der Waals surface area contributed by atoms with Gasteiger partial charge in [-0.2, -0.15) is 0 Å². The van der Waals surface area contributed by atoms with Crippen LogP contribution in [0.25, 0.3) is 0 Å². The Balaban J connectivity index is 3.17. The fourth-order valence-corrected chi connectivity index (χ4v) is 0. The first-order valence-electron chi connectivity index (χ1n) is 1.19. The van der Waals surface area contributed by atoms with Gasteiger partial charge in [0.15, 0.2) is 0 Å². The molecule has 11 radical (unpaired) electrons. The maximum absolute atomic E-state index is 3.36. The maximum atomic E-state index is 3.36. The molecule has 0 aromatic rings. The molecule has 5 heteroatoms. The van der Waals surface area contributed by atoms with Gasteiger partial charge in [0.25, 0.3) is 0 Å². The second kappa shape index (κ2) is 2.80. The van der Waals surface area contributed by atoms with E-state index in [4.69, 9.17) is 0 Å². The van der Waals surface area contributed by atoms with Crippen LogP contribution in [0.2, 0.25) is 3.91 Å². The first kappa shape index (κ1) is 7.60. The number of halogens is 1. The lowest BCUT2D eigenvalue weighted by atomic mass is 11.8. The van der Waals surface area contributed by atoms with E-state index in [2.05, 4.69) is 52.5 Å². The Morgan fingerprint density at radius 2 is 1.50 bits per heavy atom. The maximum Gasteiger partial charge on any atom is 0.126 e.